The van der Waals surface area contributed by atoms with Crippen LogP contribution >= 0.6 is 0 Å². The Balaban J connectivity index is 2.21. The lowest BCUT2D eigenvalue weighted by molar-refractivity contribution is -0.384. The first kappa shape index (κ1) is 15.2. The first-order valence-corrected chi connectivity index (χ1v) is 6.59. The van der Waals surface area contributed by atoms with Gasteiger partial charge in [0.2, 0.25) is 0 Å². The van der Waals surface area contributed by atoms with Crippen LogP contribution in [0.5, 0.6) is 5.75 Å². The lowest BCUT2D eigenvalue weighted by Crippen LogP contribution is -2.46. The Labute approximate surface area is 121 Å². The van der Waals surface area contributed by atoms with Gasteiger partial charge in [0.25, 0.3) is 11.6 Å². The van der Waals surface area contributed by atoms with Crippen molar-refractivity contribution in [3.8, 4) is 5.75 Å². The number of rotatable bonds is 6. The van der Waals surface area contributed by atoms with Crippen LogP contribution in [0.4, 0.5) is 11.4 Å². The lowest BCUT2D eigenvalue weighted by atomic mass is 10.1. The topological polar surface area (TPSA) is 108 Å². The maximum Gasteiger partial charge on any atom is 0.273 e. The van der Waals surface area contributed by atoms with Crippen molar-refractivity contribution in [3.05, 3.63) is 28.3 Å². The van der Waals surface area contributed by atoms with Gasteiger partial charge in [0.1, 0.15) is 0 Å². The number of ether oxygens (including phenoxy) is 2. The maximum atomic E-state index is 12.2. The maximum absolute atomic E-state index is 12.2. The molecule has 0 saturated heterocycles. The molecule has 114 valence electrons. The molecule has 0 spiro atoms. The zero-order valence-electron chi connectivity index (χ0n) is 11.7. The van der Waals surface area contributed by atoms with Crippen LogP contribution in [-0.4, -0.2) is 43.2 Å². The summed E-state index contributed by atoms with van der Waals surface area (Å²) in [6.07, 6.45) is -0.686. The van der Waals surface area contributed by atoms with Crippen molar-refractivity contribution in [1.82, 2.24) is 0 Å². The number of amides is 1. The van der Waals surface area contributed by atoms with Gasteiger partial charge in [-0.25, -0.2) is 0 Å². The van der Waals surface area contributed by atoms with Crippen molar-refractivity contribution in [2.24, 2.45) is 5.73 Å². The molecule has 1 atom stereocenters. The Hall–Kier alpha value is -2.19. The van der Waals surface area contributed by atoms with Crippen LogP contribution in [0.15, 0.2) is 18.2 Å². The summed E-state index contributed by atoms with van der Waals surface area (Å²) in [5.74, 6) is 0.128. The molecule has 8 heteroatoms. The molecule has 1 amide bonds. The summed E-state index contributed by atoms with van der Waals surface area (Å²) in [5, 5.41) is 10.8. The second kappa shape index (κ2) is 6.51. The number of nitrogens with two attached hydrogens (primary N) is 1. The highest BCUT2D eigenvalue weighted by atomic mass is 16.6. The van der Waals surface area contributed by atoms with Gasteiger partial charge in [-0.1, -0.05) is 0 Å². The minimum Gasteiger partial charge on any atom is -0.478 e. The summed E-state index contributed by atoms with van der Waals surface area (Å²) < 4.78 is 10.7. The van der Waals surface area contributed by atoms with E-state index >= 15 is 0 Å². The van der Waals surface area contributed by atoms with E-state index in [1.807, 2.05) is 0 Å². The third-order valence-electron chi connectivity index (χ3n) is 3.08. The number of hydrogen-bond donors (Lipinski definition) is 1. The van der Waals surface area contributed by atoms with E-state index in [0.29, 0.717) is 37.7 Å². The van der Waals surface area contributed by atoms with Crippen LogP contribution in [0.25, 0.3) is 0 Å². The fourth-order valence-electron chi connectivity index (χ4n) is 2.08. The molecule has 0 bridgehead atoms. The van der Waals surface area contributed by atoms with Crippen molar-refractivity contribution in [1.29, 1.82) is 0 Å². The SMILES string of the molecule is CC1Oc2cc([N+](=O)[O-])ccc2N(CCOCCN)C1=O. The van der Waals surface area contributed by atoms with Crippen LogP contribution in [0.1, 0.15) is 6.92 Å². The van der Waals surface area contributed by atoms with E-state index in [1.165, 1.54) is 23.1 Å². The predicted molar refractivity (Wildman–Crippen MR) is 75.4 cm³/mol. The van der Waals surface area contributed by atoms with Crippen LogP contribution in [0, 0.1) is 10.1 Å². The summed E-state index contributed by atoms with van der Waals surface area (Å²) in [4.78, 5) is 24.0. The molecule has 1 unspecified atom stereocenters. The Morgan fingerprint density at radius 2 is 2.24 bits per heavy atom. The third kappa shape index (κ3) is 3.29. The molecule has 0 aliphatic carbocycles. The second-order valence-electron chi connectivity index (χ2n) is 4.56. The Morgan fingerprint density at radius 3 is 2.90 bits per heavy atom. The molecular formula is C13H17N3O5. The first-order valence-electron chi connectivity index (χ1n) is 6.59. The number of nitro groups is 1. The third-order valence-corrected chi connectivity index (χ3v) is 3.08. The van der Waals surface area contributed by atoms with Crippen molar-refractivity contribution in [3.63, 3.8) is 0 Å². The summed E-state index contributed by atoms with van der Waals surface area (Å²) in [5.41, 5.74) is 5.77. The van der Waals surface area contributed by atoms with E-state index in [0.717, 1.165) is 0 Å². The van der Waals surface area contributed by atoms with Crippen molar-refractivity contribution < 1.29 is 19.2 Å². The number of nitro benzene ring substituents is 1. The standard InChI is InChI=1S/C13H17N3O5/c1-9-13(17)15(5-7-20-6-4-14)11-3-2-10(16(18)19)8-12(11)21-9/h2-3,8-9H,4-7,14H2,1H3. The van der Waals surface area contributed by atoms with E-state index in [1.54, 1.807) is 6.92 Å². The summed E-state index contributed by atoms with van der Waals surface area (Å²) in [7, 11) is 0. The van der Waals surface area contributed by atoms with Crippen molar-refractivity contribution in [2.75, 3.05) is 31.2 Å². The van der Waals surface area contributed by atoms with Gasteiger partial charge in [-0.3, -0.25) is 14.9 Å². The molecule has 1 aromatic rings. The predicted octanol–water partition coefficient (Wildman–Crippen LogP) is 0.684. The van der Waals surface area contributed by atoms with Crippen molar-refractivity contribution in [2.45, 2.75) is 13.0 Å². The van der Waals surface area contributed by atoms with Crippen LogP contribution in [0.3, 0.4) is 0 Å². The Morgan fingerprint density at radius 1 is 1.48 bits per heavy atom. The average molecular weight is 295 g/mol. The fourth-order valence-corrected chi connectivity index (χ4v) is 2.08. The molecule has 1 heterocycles. The molecule has 1 aliphatic rings. The van der Waals surface area contributed by atoms with Crippen LogP contribution < -0.4 is 15.4 Å². The summed E-state index contributed by atoms with van der Waals surface area (Å²) in [6.45, 7) is 3.12. The van der Waals surface area contributed by atoms with Gasteiger partial charge in [-0.05, 0) is 13.0 Å². The van der Waals surface area contributed by atoms with Gasteiger partial charge in [-0.15, -0.1) is 0 Å². The summed E-state index contributed by atoms with van der Waals surface area (Å²) >= 11 is 0. The van der Waals surface area contributed by atoms with Crippen LogP contribution in [-0.2, 0) is 9.53 Å². The number of hydrogen-bond acceptors (Lipinski definition) is 6. The Kier molecular flexibility index (Phi) is 4.71. The monoisotopic (exact) mass is 295 g/mol. The number of carbonyl (C=O) groups excluding carboxylic acids is 1. The molecule has 2 N–H and O–H groups in total. The lowest BCUT2D eigenvalue weighted by Gasteiger charge is -2.32. The molecular weight excluding hydrogens is 278 g/mol. The number of fused-ring (bicyclic) bond motifs is 1. The molecule has 21 heavy (non-hydrogen) atoms. The highest BCUT2D eigenvalue weighted by molar-refractivity contribution is 6.00. The molecule has 0 aromatic heterocycles. The number of non-ortho nitro benzene ring substituents is 1. The zero-order chi connectivity index (χ0) is 15.4. The largest absolute Gasteiger partial charge is 0.478 e. The molecule has 1 aliphatic heterocycles. The van der Waals surface area contributed by atoms with Gasteiger partial charge in [0.05, 0.1) is 29.9 Å². The number of nitrogens with zero attached hydrogens (tertiary/aromatic N) is 2. The zero-order valence-corrected chi connectivity index (χ0v) is 11.7. The van der Waals surface area contributed by atoms with Crippen molar-refractivity contribution >= 4 is 17.3 Å². The highest BCUT2D eigenvalue weighted by Crippen LogP contribution is 2.36. The average Bonchev–Trinajstić information content (AvgIpc) is 2.46. The molecule has 1 aromatic carbocycles. The Bertz CT molecular complexity index is 549. The van der Waals surface area contributed by atoms with Gasteiger partial charge < -0.3 is 20.1 Å². The van der Waals surface area contributed by atoms with Gasteiger partial charge in [0, 0.05) is 19.2 Å². The first-order chi connectivity index (χ1) is 10.0. The molecule has 0 saturated carbocycles. The molecule has 2 rings (SSSR count). The quantitative estimate of drug-likeness (QED) is 0.470. The second-order valence-corrected chi connectivity index (χ2v) is 4.56. The minimum atomic E-state index is -0.686. The fraction of sp³-hybridized carbons (Fsp3) is 0.462. The minimum absolute atomic E-state index is 0.0744. The number of benzene rings is 1. The number of anilines is 1. The summed E-state index contributed by atoms with van der Waals surface area (Å²) in [6, 6.07) is 4.19. The molecule has 0 fully saturated rings. The molecule has 0 radical (unpaired) electrons. The van der Waals surface area contributed by atoms with E-state index in [9.17, 15) is 14.9 Å². The van der Waals surface area contributed by atoms with E-state index in [2.05, 4.69) is 0 Å². The van der Waals surface area contributed by atoms with E-state index in [4.69, 9.17) is 15.2 Å². The van der Waals surface area contributed by atoms with Crippen LogP contribution in [0.2, 0.25) is 0 Å². The van der Waals surface area contributed by atoms with Gasteiger partial charge >= 0.3 is 0 Å². The normalized spacial score (nSPS) is 17.3. The van der Waals surface area contributed by atoms with E-state index in [-0.39, 0.29) is 11.6 Å². The smallest absolute Gasteiger partial charge is 0.273 e. The van der Waals surface area contributed by atoms with Gasteiger partial charge in [0.15, 0.2) is 11.9 Å². The molecule has 8 nitrogen and oxygen atoms in total. The highest BCUT2D eigenvalue weighted by Gasteiger charge is 2.32. The number of carbonyl (C=O) groups is 1. The van der Waals surface area contributed by atoms with E-state index < -0.39 is 11.0 Å². The van der Waals surface area contributed by atoms with Gasteiger partial charge in [-0.2, -0.15) is 0 Å².